The molecule has 0 saturated carbocycles. The summed E-state index contributed by atoms with van der Waals surface area (Å²) in [7, 11) is 0. The molecule has 0 spiro atoms. The first-order valence-electron chi connectivity index (χ1n) is 7.98. The summed E-state index contributed by atoms with van der Waals surface area (Å²) in [6.45, 7) is 5.26. The molecule has 1 atom stereocenters. The first-order chi connectivity index (χ1) is 10.2. The van der Waals surface area contributed by atoms with Crippen LogP contribution in [-0.2, 0) is 19.4 Å². The maximum Gasteiger partial charge on any atom is 0.0315 e. The lowest BCUT2D eigenvalue weighted by Gasteiger charge is -2.20. The second-order valence-corrected chi connectivity index (χ2v) is 6.14. The highest BCUT2D eigenvalue weighted by Gasteiger charge is 2.12. The number of fused-ring (bicyclic) bond motifs is 1. The summed E-state index contributed by atoms with van der Waals surface area (Å²) in [5.74, 6) is 0. The fourth-order valence-electron chi connectivity index (χ4n) is 3.09. The maximum atomic E-state index is 4.21. The Balaban J connectivity index is 1.68. The zero-order valence-electron chi connectivity index (χ0n) is 13.0. The highest BCUT2D eigenvalue weighted by atomic mass is 14.9. The number of hydrogen-bond acceptors (Lipinski definition) is 2. The fourth-order valence-corrected chi connectivity index (χ4v) is 3.09. The van der Waals surface area contributed by atoms with E-state index >= 15 is 0 Å². The molecule has 1 heterocycles. The Hall–Kier alpha value is -1.67. The van der Waals surface area contributed by atoms with Gasteiger partial charge < -0.3 is 5.32 Å². The summed E-state index contributed by atoms with van der Waals surface area (Å²) in [4.78, 5) is 4.21. The SMILES string of the molecule is Cc1ccncc1CNC(C)c1ccc2c(c1)CCCC2. The lowest BCUT2D eigenvalue weighted by Crippen LogP contribution is -2.19. The Morgan fingerprint density at radius 3 is 2.76 bits per heavy atom. The van der Waals surface area contributed by atoms with Crippen LogP contribution in [0.1, 0.15) is 53.6 Å². The van der Waals surface area contributed by atoms with Crippen LogP contribution >= 0.6 is 0 Å². The fraction of sp³-hybridized carbons (Fsp3) is 0.421. The molecule has 0 aliphatic heterocycles. The Kier molecular flexibility index (Phi) is 4.35. The second-order valence-electron chi connectivity index (χ2n) is 6.14. The predicted octanol–water partition coefficient (Wildman–Crippen LogP) is 4.12. The van der Waals surface area contributed by atoms with Crippen LogP contribution < -0.4 is 5.32 Å². The van der Waals surface area contributed by atoms with Gasteiger partial charge in [0.15, 0.2) is 0 Å². The van der Waals surface area contributed by atoms with Gasteiger partial charge in [0.1, 0.15) is 0 Å². The minimum absolute atomic E-state index is 0.372. The van der Waals surface area contributed by atoms with Gasteiger partial charge in [0, 0.05) is 25.0 Å². The molecule has 0 radical (unpaired) electrons. The number of aryl methyl sites for hydroxylation is 3. The molecule has 2 heteroatoms. The first kappa shape index (κ1) is 14.3. The van der Waals surface area contributed by atoms with E-state index in [9.17, 15) is 0 Å². The molecule has 1 aromatic carbocycles. The van der Waals surface area contributed by atoms with E-state index in [4.69, 9.17) is 0 Å². The molecule has 21 heavy (non-hydrogen) atoms. The summed E-state index contributed by atoms with van der Waals surface area (Å²) in [5, 5.41) is 3.62. The molecular formula is C19H24N2. The zero-order chi connectivity index (χ0) is 14.7. The summed E-state index contributed by atoms with van der Waals surface area (Å²) >= 11 is 0. The van der Waals surface area contributed by atoms with Crippen molar-refractivity contribution in [2.24, 2.45) is 0 Å². The molecule has 0 fully saturated rings. The van der Waals surface area contributed by atoms with Crippen molar-refractivity contribution in [2.75, 3.05) is 0 Å². The van der Waals surface area contributed by atoms with Crippen LogP contribution in [0, 0.1) is 6.92 Å². The lowest BCUT2D eigenvalue weighted by atomic mass is 9.89. The molecule has 0 bridgehead atoms. The monoisotopic (exact) mass is 280 g/mol. The molecule has 1 aliphatic carbocycles. The van der Waals surface area contributed by atoms with Gasteiger partial charge >= 0.3 is 0 Å². The highest BCUT2D eigenvalue weighted by molar-refractivity contribution is 5.35. The number of benzene rings is 1. The number of rotatable bonds is 4. The summed E-state index contributed by atoms with van der Waals surface area (Å²) in [6.07, 6.45) is 9.01. The molecule has 0 saturated heterocycles. The molecule has 1 aromatic heterocycles. The van der Waals surface area contributed by atoms with Crippen molar-refractivity contribution in [1.82, 2.24) is 10.3 Å². The van der Waals surface area contributed by atoms with Crippen LogP contribution in [0.2, 0.25) is 0 Å². The van der Waals surface area contributed by atoms with Crippen molar-refractivity contribution < 1.29 is 0 Å². The van der Waals surface area contributed by atoms with Crippen molar-refractivity contribution in [3.63, 3.8) is 0 Å². The summed E-state index contributed by atoms with van der Waals surface area (Å²) in [6, 6.07) is 9.47. The molecule has 1 N–H and O–H groups in total. The largest absolute Gasteiger partial charge is 0.306 e. The van der Waals surface area contributed by atoms with Crippen LogP contribution in [0.15, 0.2) is 36.7 Å². The quantitative estimate of drug-likeness (QED) is 0.911. The zero-order valence-corrected chi connectivity index (χ0v) is 13.0. The van der Waals surface area contributed by atoms with E-state index in [1.807, 2.05) is 12.4 Å². The van der Waals surface area contributed by atoms with E-state index in [-0.39, 0.29) is 0 Å². The van der Waals surface area contributed by atoms with Crippen molar-refractivity contribution in [3.8, 4) is 0 Å². The minimum Gasteiger partial charge on any atom is -0.306 e. The van der Waals surface area contributed by atoms with E-state index in [1.54, 1.807) is 11.1 Å². The smallest absolute Gasteiger partial charge is 0.0315 e. The molecule has 3 rings (SSSR count). The normalized spacial score (nSPS) is 15.5. The number of nitrogens with zero attached hydrogens (tertiary/aromatic N) is 1. The van der Waals surface area contributed by atoms with Gasteiger partial charge in [-0.2, -0.15) is 0 Å². The first-order valence-corrected chi connectivity index (χ1v) is 7.98. The van der Waals surface area contributed by atoms with Gasteiger partial charge in [-0.3, -0.25) is 4.98 Å². The van der Waals surface area contributed by atoms with Gasteiger partial charge in [-0.1, -0.05) is 18.2 Å². The topological polar surface area (TPSA) is 24.9 Å². The number of aromatic nitrogens is 1. The summed E-state index contributed by atoms with van der Waals surface area (Å²) in [5.41, 5.74) is 7.10. The second kappa shape index (κ2) is 6.40. The van der Waals surface area contributed by atoms with Crippen molar-refractivity contribution in [1.29, 1.82) is 0 Å². The van der Waals surface area contributed by atoms with E-state index in [0.717, 1.165) is 6.54 Å². The Morgan fingerprint density at radius 1 is 1.14 bits per heavy atom. The van der Waals surface area contributed by atoms with Crippen LogP contribution in [0.4, 0.5) is 0 Å². The average molecular weight is 280 g/mol. The van der Waals surface area contributed by atoms with Gasteiger partial charge in [-0.15, -0.1) is 0 Å². The highest BCUT2D eigenvalue weighted by Crippen LogP contribution is 2.25. The molecule has 2 aromatic rings. The lowest BCUT2D eigenvalue weighted by molar-refractivity contribution is 0.570. The van der Waals surface area contributed by atoms with Gasteiger partial charge in [-0.05, 0) is 73.4 Å². The summed E-state index contributed by atoms with van der Waals surface area (Å²) < 4.78 is 0. The Labute approximate surface area is 127 Å². The maximum absolute atomic E-state index is 4.21. The van der Waals surface area contributed by atoms with Gasteiger partial charge in [0.2, 0.25) is 0 Å². The number of nitrogens with one attached hydrogen (secondary N) is 1. The third-order valence-corrected chi connectivity index (χ3v) is 4.62. The predicted molar refractivity (Wildman–Crippen MR) is 87.3 cm³/mol. The van der Waals surface area contributed by atoms with Crippen LogP contribution in [0.3, 0.4) is 0 Å². The molecule has 1 unspecified atom stereocenters. The molecular weight excluding hydrogens is 256 g/mol. The van der Waals surface area contributed by atoms with E-state index < -0.39 is 0 Å². The number of hydrogen-bond donors (Lipinski definition) is 1. The van der Waals surface area contributed by atoms with Gasteiger partial charge in [0.25, 0.3) is 0 Å². The minimum atomic E-state index is 0.372. The Bertz CT molecular complexity index is 619. The Morgan fingerprint density at radius 2 is 1.95 bits per heavy atom. The van der Waals surface area contributed by atoms with Gasteiger partial charge in [-0.25, -0.2) is 0 Å². The van der Waals surface area contributed by atoms with E-state index in [0.29, 0.717) is 6.04 Å². The van der Waals surface area contributed by atoms with Crippen molar-refractivity contribution in [2.45, 2.75) is 52.1 Å². The van der Waals surface area contributed by atoms with E-state index in [1.165, 1.54) is 42.4 Å². The average Bonchev–Trinajstić information content (AvgIpc) is 2.53. The molecule has 2 nitrogen and oxygen atoms in total. The van der Waals surface area contributed by atoms with E-state index in [2.05, 4.69) is 48.4 Å². The van der Waals surface area contributed by atoms with Crippen LogP contribution in [-0.4, -0.2) is 4.98 Å². The molecule has 1 aliphatic rings. The standard InChI is InChI=1S/C19H24N2/c1-14-9-10-20-12-19(14)13-21-15(2)17-8-7-16-5-3-4-6-18(16)11-17/h7-12,15,21H,3-6,13H2,1-2H3. The third kappa shape index (κ3) is 3.33. The molecule has 110 valence electrons. The molecule has 0 amide bonds. The van der Waals surface area contributed by atoms with Crippen LogP contribution in [0.5, 0.6) is 0 Å². The third-order valence-electron chi connectivity index (χ3n) is 4.62. The van der Waals surface area contributed by atoms with Crippen molar-refractivity contribution in [3.05, 3.63) is 64.5 Å². The van der Waals surface area contributed by atoms with Crippen molar-refractivity contribution >= 4 is 0 Å². The van der Waals surface area contributed by atoms with Crippen LogP contribution in [0.25, 0.3) is 0 Å². The number of pyridine rings is 1. The van der Waals surface area contributed by atoms with Gasteiger partial charge in [0.05, 0.1) is 0 Å².